The molecule has 1 aliphatic carbocycles. The van der Waals surface area contributed by atoms with Gasteiger partial charge in [0, 0.05) is 18.6 Å². The minimum absolute atomic E-state index is 0.246. The van der Waals surface area contributed by atoms with E-state index in [-0.39, 0.29) is 13.1 Å². The first-order valence-electron chi connectivity index (χ1n) is 7.83. The zero-order valence-electron chi connectivity index (χ0n) is 13.5. The first-order valence-corrected chi connectivity index (χ1v) is 10.9. The van der Waals surface area contributed by atoms with Gasteiger partial charge in [0.1, 0.15) is 5.82 Å². The van der Waals surface area contributed by atoms with Gasteiger partial charge in [-0.15, -0.1) is 7.77 Å². The summed E-state index contributed by atoms with van der Waals surface area (Å²) in [7, 11) is -9.48. The van der Waals surface area contributed by atoms with Gasteiger partial charge in [-0.05, 0) is 43.4 Å². The average Bonchev–Trinajstić information content (AvgIpc) is 2.41. The van der Waals surface area contributed by atoms with E-state index in [2.05, 4.69) is 0 Å². The van der Waals surface area contributed by atoms with E-state index in [1.54, 1.807) is 12.1 Å². The van der Waals surface area contributed by atoms with Gasteiger partial charge in [-0.25, -0.2) is 4.39 Å². The van der Waals surface area contributed by atoms with Crippen LogP contribution in [-0.2, 0) is 26.9 Å². The molecule has 1 saturated carbocycles. The van der Waals surface area contributed by atoms with Crippen LogP contribution in [0.15, 0.2) is 24.3 Å². The average molecular weight is 399 g/mol. The van der Waals surface area contributed by atoms with E-state index < -0.39 is 43.3 Å². The zero-order chi connectivity index (χ0) is 18.7. The summed E-state index contributed by atoms with van der Waals surface area (Å²) in [5, 5.41) is 0. The topological polar surface area (TPSA) is 71.5 Å². The maximum Gasteiger partial charge on any atom is 0.303 e. The molecule has 0 spiro atoms. The van der Waals surface area contributed by atoms with Crippen molar-refractivity contribution in [1.29, 1.82) is 0 Å². The van der Waals surface area contributed by atoms with Crippen LogP contribution in [0.5, 0.6) is 0 Å². The van der Waals surface area contributed by atoms with Crippen molar-refractivity contribution in [3.05, 3.63) is 35.6 Å². The highest BCUT2D eigenvalue weighted by Gasteiger charge is 2.42. The summed E-state index contributed by atoms with van der Waals surface area (Å²) in [6.07, 6.45) is 2.39. The summed E-state index contributed by atoms with van der Waals surface area (Å²) in [6.45, 7) is -0.493. The Morgan fingerprint density at radius 1 is 1.00 bits per heavy atom. The van der Waals surface area contributed by atoms with Crippen molar-refractivity contribution in [3.63, 3.8) is 0 Å². The molecule has 0 unspecified atom stereocenters. The van der Waals surface area contributed by atoms with Gasteiger partial charge in [0.15, 0.2) is 0 Å². The second-order valence-electron chi connectivity index (χ2n) is 6.36. The molecule has 1 aromatic carbocycles. The monoisotopic (exact) mass is 399 g/mol. The van der Waals surface area contributed by atoms with E-state index in [1.807, 2.05) is 0 Å². The maximum atomic E-state index is 13.4. The summed E-state index contributed by atoms with van der Waals surface area (Å²) in [5.74, 6) is -2.02. The summed E-state index contributed by atoms with van der Waals surface area (Å²) in [5.41, 5.74) is 0.0410. The Kier molecular flexibility index (Phi) is 6.16. The molecule has 0 aliphatic heterocycles. The van der Waals surface area contributed by atoms with Crippen LogP contribution < -0.4 is 0 Å². The van der Waals surface area contributed by atoms with Crippen molar-refractivity contribution in [3.8, 4) is 0 Å². The van der Waals surface area contributed by atoms with Gasteiger partial charge in [-0.3, -0.25) is 4.90 Å². The number of rotatable bonds is 9. The minimum atomic E-state index is -4.74. The highest BCUT2D eigenvalue weighted by Crippen LogP contribution is 2.40. The molecule has 25 heavy (non-hydrogen) atoms. The third-order valence-electron chi connectivity index (χ3n) is 4.59. The lowest BCUT2D eigenvalue weighted by molar-refractivity contribution is 0.0253. The largest absolute Gasteiger partial charge is 0.303 e. The van der Waals surface area contributed by atoms with Crippen molar-refractivity contribution in [2.75, 3.05) is 24.6 Å². The van der Waals surface area contributed by atoms with Gasteiger partial charge in [0.05, 0.1) is 11.5 Å². The predicted molar refractivity (Wildman–Crippen MR) is 88.0 cm³/mol. The van der Waals surface area contributed by atoms with Crippen molar-refractivity contribution < 1.29 is 29.0 Å². The van der Waals surface area contributed by atoms with Gasteiger partial charge >= 0.3 is 20.4 Å². The highest BCUT2D eigenvalue weighted by molar-refractivity contribution is 7.86. The Labute approximate surface area is 146 Å². The number of nitrogens with zero attached hydrogens (tertiary/aromatic N) is 1. The summed E-state index contributed by atoms with van der Waals surface area (Å²) in [4.78, 5) is 1.51. The fourth-order valence-corrected chi connectivity index (χ4v) is 4.12. The third-order valence-corrected chi connectivity index (χ3v) is 5.93. The molecule has 1 fully saturated rings. The molecule has 2 rings (SSSR count). The molecule has 10 heteroatoms. The standard InChI is InChI=1S/C15H20F3NO4S2/c16-14-4-1-3-13(11-14)12-15(5-2-6-15)19(7-9-24(17,20)21)8-10-25(18,22)23/h1,3-4,11H,2,5-10,12H2. The van der Waals surface area contributed by atoms with Gasteiger partial charge in [0.25, 0.3) is 0 Å². The molecule has 0 radical (unpaired) electrons. The van der Waals surface area contributed by atoms with Crippen molar-refractivity contribution in [1.82, 2.24) is 4.90 Å². The van der Waals surface area contributed by atoms with Crippen LogP contribution in [-0.4, -0.2) is 51.9 Å². The molecule has 0 amide bonds. The van der Waals surface area contributed by atoms with Crippen LogP contribution in [0.1, 0.15) is 24.8 Å². The number of halogens is 3. The smallest absolute Gasteiger partial charge is 0.295 e. The highest BCUT2D eigenvalue weighted by atomic mass is 32.3. The second kappa shape index (κ2) is 7.63. The lowest BCUT2D eigenvalue weighted by Gasteiger charge is -2.50. The summed E-state index contributed by atoms with van der Waals surface area (Å²) in [6, 6.07) is 5.88. The van der Waals surface area contributed by atoms with Crippen LogP contribution in [0.3, 0.4) is 0 Å². The van der Waals surface area contributed by atoms with Crippen LogP contribution in [0.25, 0.3) is 0 Å². The van der Waals surface area contributed by atoms with E-state index >= 15 is 0 Å². The first-order chi connectivity index (χ1) is 11.5. The summed E-state index contributed by atoms with van der Waals surface area (Å²) >= 11 is 0. The minimum Gasteiger partial charge on any atom is -0.295 e. The molecule has 142 valence electrons. The zero-order valence-corrected chi connectivity index (χ0v) is 15.1. The molecule has 0 aromatic heterocycles. The van der Waals surface area contributed by atoms with Crippen molar-refractivity contribution in [2.24, 2.45) is 0 Å². The number of benzene rings is 1. The Hall–Kier alpha value is -1.13. The normalized spacial score (nSPS) is 17.4. The number of hydrogen-bond acceptors (Lipinski definition) is 5. The molecule has 1 aliphatic rings. The Balaban J connectivity index is 2.21. The summed E-state index contributed by atoms with van der Waals surface area (Å²) < 4.78 is 82.6. The fraction of sp³-hybridized carbons (Fsp3) is 0.600. The molecule has 0 N–H and O–H groups in total. The molecule has 0 bridgehead atoms. The Morgan fingerprint density at radius 3 is 1.96 bits per heavy atom. The molecule has 0 heterocycles. The van der Waals surface area contributed by atoms with Crippen LogP contribution in [0, 0.1) is 5.82 Å². The van der Waals surface area contributed by atoms with Crippen LogP contribution in [0.4, 0.5) is 12.2 Å². The van der Waals surface area contributed by atoms with Crippen molar-refractivity contribution >= 4 is 20.4 Å². The van der Waals surface area contributed by atoms with E-state index in [9.17, 15) is 29.0 Å². The van der Waals surface area contributed by atoms with Gasteiger partial charge in [0.2, 0.25) is 0 Å². The first kappa shape index (κ1) is 20.2. The van der Waals surface area contributed by atoms with Crippen LogP contribution >= 0.6 is 0 Å². The van der Waals surface area contributed by atoms with Gasteiger partial charge < -0.3 is 0 Å². The van der Waals surface area contributed by atoms with Crippen molar-refractivity contribution in [2.45, 2.75) is 31.2 Å². The molecule has 1 aromatic rings. The molecule has 0 saturated heterocycles. The number of hydrogen-bond donors (Lipinski definition) is 0. The molecular formula is C15H20F3NO4S2. The molecular weight excluding hydrogens is 379 g/mol. The molecule has 5 nitrogen and oxygen atoms in total. The van der Waals surface area contributed by atoms with E-state index in [0.29, 0.717) is 24.8 Å². The lowest BCUT2D eigenvalue weighted by atomic mass is 9.71. The van der Waals surface area contributed by atoms with E-state index in [0.717, 1.165) is 6.42 Å². The predicted octanol–water partition coefficient (Wildman–Crippen LogP) is 2.19. The lowest BCUT2D eigenvalue weighted by Crippen LogP contribution is -2.57. The van der Waals surface area contributed by atoms with E-state index in [4.69, 9.17) is 0 Å². The fourth-order valence-electron chi connectivity index (χ4n) is 3.24. The Morgan fingerprint density at radius 2 is 1.56 bits per heavy atom. The second-order valence-corrected chi connectivity index (χ2v) is 9.33. The Bertz CT molecular complexity index is 772. The maximum absolute atomic E-state index is 13.4. The van der Waals surface area contributed by atoms with Gasteiger partial charge in [-0.1, -0.05) is 12.1 Å². The van der Waals surface area contributed by atoms with Crippen LogP contribution in [0.2, 0.25) is 0 Å². The van der Waals surface area contributed by atoms with E-state index in [1.165, 1.54) is 17.0 Å². The quantitative estimate of drug-likeness (QED) is 0.596. The van der Waals surface area contributed by atoms with Gasteiger partial charge in [-0.2, -0.15) is 16.8 Å². The third kappa shape index (κ3) is 6.27. The SMILES string of the molecule is O=S(=O)(F)CCN(CCS(=O)(=O)F)C1(Cc2cccc(F)c2)CCC1. The molecule has 0 atom stereocenters.